The van der Waals surface area contributed by atoms with Crippen LogP contribution in [0.3, 0.4) is 0 Å². The van der Waals surface area contributed by atoms with Crippen LogP contribution in [0.2, 0.25) is 0 Å². The molecule has 0 unspecified atom stereocenters. The van der Waals surface area contributed by atoms with Gasteiger partial charge < -0.3 is 10.0 Å². The average Bonchev–Trinajstić information content (AvgIpc) is 2.97. The summed E-state index contributed by atoms with van der Waals surface area (Å²) in [6, 6.07) is 0.312. The Morgan fingerprint density at radius 3 is 2.53 bits per heavy atom. The lowest BCUT2D eigenvalue weighted by atomic mass is 10.2. The Labute approximate surface area is 92.5 Å². The lowest BCUT2D eigenvalue weighted by Crippen LogP contribution is -2.38. The summed E-state index contributed by atoms with van der Waals surface area (Å²) in [5.74, 6) is 1.01. The van der Waals surface area contributed by atoms with E-state index in [-0.39, 0.29) is 12.5 Å². The van der Waals surface area contributed by atoms with Crippen molar-refractivity contribution < 1.29 is 9.90 Å². The molecule has 0 atom stereocenters. The van der Waals surface area contributed by atoms with E-state index in [2.05, 4.69) is 13.8 Å². The Morgan fingerprint density at radius 2 is 2.07 bits per heavy atom. The summed E-state index contributed by atoms with van der Waals surface area (Å²) in [5, 5.41) is 8.66. The summed E-state index contributed by atoms with van der Waals surface area (Å²) in [6.45, 7) is 5.28. The lowest BCUT2D eigenvalue weighted by molar-refractivity contribution is -0.133. The summed E-state index contributed by atoms with van der Waals surface area (Å²) < 4.78 is 0. The third kappa shape index (κ3) is 4.65. The van der Waals surface area contributed by atoms with Gasteiger partial charge in [0.1, 0.15) is 0 Å². The van der Waals surface area contributed by atoms with Crippen molar-refractivity contribution in [1.82, 2.24) is 4.90 Å². The molecule has 1 N–H and O–H groups in total. The van der Waals surface area contributed by atoms with Gasteiger partial charge in [0.05, 0.1) is 0 Å². The van der Waals surface area contributed by atoms with Crippen molar-refractivity contribution in [2.45, 2.75) is 52.0 Å². The maximum atomic E-state index is 11.9. The van der Waals surface area contributed by atoms with Gasteiger partial charge in [-0.2, -0.15) is 0 Å². The molecular formula is C12H23NO2. The topological polar surface area (TPSA) is 40.5 Å². The van der Waals surface area contributed by atoms with E-state index in [0.29, 0.717) is 12.5 Å². The molecule has 1 amide bonds. The van der Waals surface area contributed by atoms with E-state index >= 15 is 0 Å². The molecule has 88 valence electrons. The summed E-state index contributed by atoms with van der Waals surface area (Å²) in [5.41, 5.74) is 0. The average molecular weight is 213 g/mol. The first-order valence-corrected chi connectivity index (χ1v) is 6.05. The highest BCUT2D eigenvalue weighted by molar-refractivity contribution is 5.76. The first-order chi connectivity index (χ1) is 7.15. The number of carbonyl (C=O) groups is 1. The van der Waals surface area contributed by atoms with Crippen molar-refractivity contribution in [3.05, 3.63) is 0 Å². The van der Waals surface area contributed by atoms with E-state index in [9.17, 15) is 4.79 Å². The Kier molecular flexibility index (Phi) is 5.09. The van der Waals surface area contributed by atoms with Crippen LogP contribution in [0.1, 0.15) is 46.0 Å². The number of nitrogens with zero attached hydrogens (tertiary/aromatic N) is 1. The minimum Gasteiger partial charge on any atom is -0.396 e. The molecule has 15 heavy (non-hydrogen) atoms. The fourth-order valence-electron chi connectivity index (χ4n) is 1.71. The quantitative estimate of drug-likeness (QED) is 0.655. The molecule has 3 heteroatoms. The second-order valence-corrected chi connectivity index (χ2v) is 4.76. The van der Waals surface area contributed by atoms with E-state index in [1.54, 1.807) is 0 Å². The van der Waals surface area contributed by atoms with Gasteiger partial charge in [-0.15, -0.1) is 0 Å². The Morgan fingerprint density at radius 1 is 1.40 bits per heavy atom. The summed E-state index contributed by atoms with van der Waals surface area (Å²) >= 11 is 0. The molecule has 0 heterocycles. The summed E-state index contributed by atoms with van der Waals surface area (Å²) in [6.07, 6.45) is 4.70. The summed E-state index contributed by atoms with van der Waals surface area (Å²) in [4.78, 5) is 13.9. The molecule has 3 nitrogen and oxygen atoms in total. The highest BCUT2D eigenvalue weighted by atomic mass is 16.3. The van der Waals surface area contributed by atoms with Crippen LogP contribution in [0.25, 0.3) is 0 Å². The van der Waals surface area contributed by atoms with Crippen LogP contribution in [-0.4, -0.2) is 35.1 Å². The number of aliphatic hydroxyl groups is 1. The number of hydrogen-bond donors (Lipinski definition) is 1. The number of unbranched alkanes of at least 4 members (excludes halogenated alkanes) is 1. The third-order valence-electron chi connectivity index (χ3n) is 2.89. The molecule has 1 fully saturated rings. The van der Waals surface area contributed by atoms with Crippen molar-refractivity contribution >= 4 is 5.91 Å². The van der Waals surface area contributed by atoms with Gasteiger partial charge in [-0.3, -0.25) is 4.79 Å². The molecule has 0 aliphatic heterocycles. The standard InChI is InChI=1S/C12H23NO2/c1-10(2)13(9-11-6-7-11)12(15)5-3-4-8-14/h10-11,14H,3-9H2,1-2H3. The number of carbonyl (C=O) groups excluding carboxylic acids is 1. The molecule has 1 rings (SSSR count). The number of amides is 1. The van der Waals surface area contributed by atoms with Gasteiger partial charge in [0, 0.05) is 25.6 Å². The number of rotatable bonds is 7. The molecule has 0 radical (unpaired) electrons. The third-order valence-corrected chi connectivity index (χ3v) is 2.89. The molecule has 0 aromatic rings. The Bertz CT molecular complexity index is 200. The van der Waals surface area contributed by atoms with Gasteiger partial charge in [-0.05, 0) is 45.4 Å². The molecule has 0 bridgehead atoms. The SMILES string of the molecule is CC(C)N(CC1CC1)C(=O)CCCCO. The number of hydrogen-bond acceptors (Lipinski definition) is 2. The highest BCUT2D eigenvalue weighted by Crippen LogP contribution is 2.30. The molecule has 1 aliphatic rings. The highest BCUT2D eigenvalue weighted by Gasteiger charge is 2.27. The van der Waals surface area contributed by atoms with Crippen molar-refractivity contribution in [1.29, 1.82) is 0 Å². The van der Waals surface area contributed by atoms with Crippen molar-refractivity contribution in [3.63, 3.8) is 0 Å². The predicted molar refractivity (Wildman–Crippen MR) is 60.5 cm³/mol. The maximum absolute atomic E-state index is 11.9. The van der Waals surface area contributed by atoms with Gasteiger partial charge in [-0.25, -0.2) is 0 Å². The van der Waals surface area contributed by atoms with E-state index in [1.807, 2.05) is 4.90 Å². The fraction of sp³-hybridized carbons (Fsp3) is 0.917. The zero-order valence-electron chi connectivity index (χ0n) is 9.91. The van der Waals surface area contributed by atoms with Crippen LogP contribution in [0.5, 0.6) is 0 Å². The van der Waals surface area contributed by atoms with E-state index < -0.39 is 0 Å². The van der Waals surface area contributed by atoms with Gasteiger partial charge in [0.2, 0.25) is 5.91 Å². The molecule has 1 saturated carbocycles. The second kappa shape index (κ2) is 6.11. The second-order valence-electron chi connectivity index (χ2n) is 4.76. The first kappa shape index (κ1) is 12.5. The van der Waals surface area contributed by atoms with E-state index in [1.165, 1.54) is 12.8 Å². The summed E-state index contributed by atoms with van der Waals surface area (Å²) in [7, 11) is 0. The molecular weight excluding hydrogens is 190 g/mol. The predicted octanol–water partition coefficient (Wildman–Crippen LogP) is 1.80. The van der Waals surface area contributed by atoms with Crippen LogP contribution in [0.4, 0.5) is 0 Å². The van der Waals surface area contributed by atoms with Crippen LogP contribution >= 0.6 is 0 Å². The zero-order chi connectivity index (χ0) is 11.3. The Hall–Kier alpha value is -0.570. The fourth-order valence-corrected chi connectivity index (χ4v) is 1.71. The molecule has 0 spiro atoms. The van der Waals surface area contributed by atoms with Crippen molar-refractivity contribution in [2.75, 3.05) is 13.2 Å². The number of aliphatic hydroxyl groups excluding tert-OH is 1. The molecule has 0 aromatic heterocycles. The Balaban J connectivity index is 2.29. The monoisotopic (exact) mass is 213 g/mol. The molecule has 1 aliphatic carbocycles. The lowest BCUT2D eigenvalue weighted by Gasteiger charge is -2.26. The van der Waals surface area contributed by atoms with Gasteiger partial charge in [0.15, 0.2) is 0 Å². The van der Waals surface area contributed by atoms with Crippen molar-refractivity contribution in [3.8, 4) is 0 Å². The normalized spacial score (nSPS) is 15.7. The van der Waals surface area contributed by atoms with Crippen LogP contribution in [0, 0.1) is 5.92 Å². The molecule has 0 aromatic carbocycles. The largest absolute Gasteiger partial charge is 0.396 e. The van der Waals surface area contributed by atoms with Gasteiger partial charge in [0.25, 0.3) is 0 Å². The van der Waals surface area contributed by atoms with Crippen LogP contribution in [-0.2, 0) is 4.79 Å². The molecule has 0 saturated heterocycles. The van der Waals surface area contributed by atoms with Crippen LogP contribution in [0.15, 0.2) is 0 Å². The van der Waals surface area contributed by atoms with Gasteiger partial charge >= 0.3 is 0 Å². The smallest absolute Gasteiger partial charge is 0.222 e. The minimum atomic E-state index is 0.192. The minimum absolute atomic E-state index is 0.192. The van der Waals surface area contributed by atoms with E-state index in [4.69, 9.17) is 5.11 Å². The first-order valence-electron chi connectivity index (χ1n) is 6.05. The van der Waals surface area contributed by atoms with E-state index in [0.717, 1.165) is 25.3 Å². The van der Waals surface area contributed by atoms with Crippen molar-refractivity contribution in [2.24, 2.45) is 5.92 Å². The zero-order valence-corrected chi connectivity index (χ0v) is 9.91. The van der Waals surface area contributed by atoms with Crippen LogP contribution < -0.4 is 0 Å². The maximum Gasteiger partial charge on any atom is 0.222 e. The van der Waals surface area contributed by atoms with Gasteiger partial charge in [-0.1, -0.05) is 0 Å².